The van der Waals surface area contributed by atoms with Crippen LogP contribution in [0.1, 0.15) is 24.0 Å². The van der Waals surface area contributed by atoms with Crippen LogP contribution in [0.3, 0.4) is 0 Å². The monoisotopic (exact) mass is 320 g/mol. The lowest BCUT2D eigenvalue weighted by molar-refractivity contribution is 0.246. The van der Waals surface area contributed by atoms with Crippen LogP contribution in [-0.4, -0.2) is 10.9 Å². The third kappa shape index (κ3) is 3.91. The maximum absolute atomic E-state index is 6.30. The van der Waals surface area contributed by atoms with E-state index in [9.17, 15) is 0 Å². The third-order valence-electron chi connectivity index (χ3n) is 3.79. The summed E-state index contributed by atoms with van der Waals surface area (Å²) in [5, 5.41) is 1.42. The van der Waals surface area contributed by atoms with Gasteiger partial charge in [-0.15, -0.1) is 0 Å². The van der Waals surface area contributed by atoms with E-state index in [1.807, 2.05) is 36.4 Å². The fourth-order valence-electron chi connectivity index (χ4n) is 2.55. The molecule has 2 nitrogen and oxygen atoms in total. The average Bonchev–Trinajstić information content (AvgIpc) is 3.25. The fraction of sp³-hybridized carbons (Fsp3) is 0.294. The first-order valence-corrected chi connectivity index (χ1v) is 7.90. The van der Waals surface area contributed by atoms with Crippen LogP contribution in [0.15, 0.2) is 42.5 Å². The highest BCUT2D eigenvalue weighted by Gasteiger charge is 2.29. The molecule has 1 aliphatic rings. The molecule has 1 aliphatic carbocycles. The third-order valence-corrected chi connectivity index (χ3v) is 4.38. The maximum Gasteiger partial charge on any atom is 0.0465 e. The lowest BCUT2D eigenvalue weighted by Gasteiger charge is -2.23. The lowest BCUT2D eigenvalue weighted by Crippen LogP contribution is -2.25. The Morgan fingerprint density at radius 3 is 2.52 bits per heavy atom. The van der Waals surface area contributed by atoms with Gasteiger partial charge in [-0.2, -0.15) is 0 Å². The largest absolute Gasteiger partial charge is 0.399 e. The van der Waals surface area contributed by atoms with Crippen molar-refractivity contribution in [2.45, 2.75) is 32.0 Å². The minimum Gasteiger partial charge on any atom is -0.399 e. The lowest BCUT2D eigenvalue weighted by atomic mass is 10.1. The first-order chi connectivity index (χ1) is 10.1. The second-order valence-corrected chi connectivity index (χ2v) is 6.46. The number of hydrogen-bond acceptors (Lipinski definition) is 2. The van der Waals surface area contributed by atoms with E-state index in [1.54, 1.807) is 0 Å². The second-order valence-electron chi connectivity index (χ2n) is 5.62. The van der Waals surface area contributed by atoms with Crippen molar-refractivity contribution in [1.29, 1.82) is 0 Å². The second kappa shape index (κ2) is 6.27. The van der Waals surface area contributed by atoms with Crippen LogP contribution < -0.4 is 5.73 Å². The smallest absolute Gasteiger partial charge is 0.0465 e. The molecule has 2 aromatic carbocycles. The average molecular weight is 321 g/mol. The summed E-state index contributed by atoms with van der Waals surface area (Å²) < 4.78 is 0. The first-order valence-electron chi connectivity index (χ1n) is 7.14. The fourth-order valence-corrected chi connectivity index (χ4v) is 3.02. The van der Waals surface area contributed by atoms with Crippen molar-refractivity contribution in [2.75, 3.05) is 5.73 Å². The zero-order chi connectivity index (χ0) is 14.8. The van der Waals surface area contributed by atoms with Gasteiger partial charge in [0, 0.05) is 34.9 Å². The molecule has 21 heavy (non-hydrogen) atoms. The maximum atomic E-state index is 6.30. The number of rotatable bonds is 5. The molecular formula is C17H18Cl2N2. The van der Waals surface area contributed by atoms with Crippen LogP contribution in [0.5, 0.6) is 0 Å². The summed E-state index contributed by atoms with van der Waals surface area (Å²) in [6.07, 6.45) is 2.51. The summed E-state index contributed by atoms with van der Waals surface area (Å²) in [4.78, 5) is 2.46. The molecule has 2 N–H and O–H groups in total. The number of anilines is 1. The van der Waals surface area contributed by atoms with E-state index in [2.05, 4.69) is 11.0 Å². The molecule has 1 fully saturated rings. The number of hydrogen-bond donors (Lipinski definition) is 1. The topological polar surface area (TPSA) is 29.3 Å². The van der Waals surface area contributed by atoms with Gasteiger partial charge in [-0.25, -0.2) is 0 Å². The Balaban J connectivity index is 1.76. The van der Waals surface area contributed by atoms with Crippen LogP contribution in [0.4, 0.5) is 5.69 Å². The quantitative estimate of drug-likeness (QED) is 0.806. The molecule has 0 unspecified atom stereocenters. The molecule has 0 atom stereocenters. The van der Waals surface area contributed by atoms with E-state index in [0.717, 1.165) is 29.4 Å². The SMILES string of the molecule is Nc1cccc(CN(Cc2ccc(Cl)cc2Cl)C2CC2)c1. The summed E-state index contributed by atoms with van der Waals surface area (Å²) in [7, 11) is 0. The molecule has 4 heteroatoms. The van der Waals surface area contributed by atoms with Crippen LogP contribution in [0, 0.1) is 0 Å². The van der Waals surface area contributed by atoms with E-state index < -0.39 is 0 Å². The molecule has 0 radical (unpaired) electrons. The summed E-state index contributed by atoms with van der Waals surface area (Å²) >= 11 is 12.3. The van der Waals surface area contributed by atoms with Gasteiger partial charge in [0.25, 0.3) is 0 Å². The Kier molecular flexibility index (Phi) is 4.39. The van der Waals surface area contributed by atoms with Crippen molar-refractivity contribution < 1.29 is 0 Å². The molecule has 0 aliphatic heterocycles. The van der Waals surface area contributed by atoms with Gasteiger partial charge in [0.15, 0.2) is 0 Å². The van der Waals surface area contributed by atoms with E-state index in [0.29, 0.717) is 11.1 Å². The molecule has 2 aromatic rings. The number of benzene rings is 2. The number of halogens is 2. The highest BCUT2D eigenvalue weighted by atomic mass is 35.5. The normalized spacial score (nSPS) is 14.6. The molecule has 110 valence electrons. The minimum absolute atomic E-state index is 0.651. The van der Waals surface area contributed by atoms with Gasteiger partial charge in [0.05, 0.1) is 0 Å². The van der Waals surface area contributed by atoms with Gasteiger partial charge in [-0.05, 0) is 48.2 Å². The van der Waals surface area contributed by atoms with Crippen molar-refractivity contribution in [3.05, 3.63) is 63.6 Å². The minimum atomic E-state index is 0.651. The Morgan fingerprint density at radius 1 is 1.05 bits per heavy atom. The summed E-state index contributed by atoms with van der Waals surface area (Å²) in [6.45, 7) is 1.74. The predicted molar refractivity (Wildman–Crippen MR) is 89.6 cm³/mol. The van der Waals surface area contributed by atoms with E-state index in [4.69, 9.17) is 28.9 Å². The Hall–Kier alpha value is -1.22. The highest BCUT2D eigenvalue weighted by Crippen LogP contribution is 2.32. The Bertz CT molecular complexity index is 638. The highest BCUT2D eigenvalue weighted by molar-refractivity contribution is 6.35. The predicted octanol–water partition coefficient (Wildman–Crippen LogP) is 4.74. The summed E-state index contributed by atoms with van der Waals surface area (Å²) in [5.41, 5.74) is 9.04. The zero-order valence-corrected chi connectivity index (χ0v) is 13.2. The summed E-state index contributed by atoms with van der Waals surface area (Å²) in [6, 6.07) is 14.5. The molecule has 0 spiro atoms. The van der Waals surface area contributed by atoms with Crippen molar-refractivity contribution in [1.82, 2.24) is 4.90 Å². The van der Waals surface area contributed by atoms with Crippen LogP contribution in [0.25, 0.3) is 0 Å². The molecular weight excluding hydrogens is 303 g/mol. The van der Waals surface area contributed by atoms with Gasteiger partial charge >= 0.3 is 0 Å². The summed E-state index contributed by atoms with van der Waals surface area (Å²) in [5.74, 6) is 0. The first kappa shape index (κ1) is 14.7. The van der Waals surface area contributed by atoms with Crippen LogP contribution in [-0.2, 0) is 13.1 Å². The molecule has 1 saturated carbocycles. The van der Waals surface area contributed by atoms with E-state index in [1.165, 1.54) is 18.4 Å². The zero-order valence-electron chi connectivity index (χ0n) is 11.7. The Morgan fingerprint density at radius 2 is 1.86 bits per heavy atom. The molecule has 0 saturated heterocycles. The number of nitrogens with zero attached hydrogens (tertiary/aromatic N) is 1. The van der Waals surface area contributed by atoms with Crippen LogP contribution in [0.2, 0.25) is 10.0 Å². The number of nitrogen functional groups attached to an aromatic ring is 1. The Labute approximate surface area is 135 Å². The molecule has 0 heterocycles. The van der Waals surface area contributed by atoms with Crippen LogP contribution >= 0.6 is 23.2 Å². The van der Waals surface area contributed by atoms with E-state index >= 15 is 0 Å². The van der Waals surface area contributed by atoms with Crippen molar-refractivity contribution in [2.24, 2.45) is 0 Å². The van der Waals surface area contributed by atoms with Gasteiger partial charge in [0.1, 0.15) is 0 Å². The van der Waals surface area contributed by atoms with Gasteiger partial charge in [-0.1, -0.05) is 41.4 Å². The standard InChI is InChI=1S/C17H18Cl2N2/c18-14-5-4-13(17(19)9-14)11-21(16-6-7-16)10-12-2-1-3-15(20)8-12/h1-5,8-9,16H,6-7,10-11,20H2. The van der Waals surface area contributed by atoms with Crippen molar-refractivity contribution in [3.63, 3.8) is 0 Å². The van der Waals surface area contributed by atoms with Gasteiger partial charge in [-0.3, -0.25) is 4.90 Å². The molecule has 0 aromatic heterocycles. The molecule has 3 rings (SSSR count). The van der Waals surface area contributed by atoms with Gasteiger partial charge < -0.3 is 5.73 Å². The number of nitrogens with two attached hydrogens (primary N) is 1. The molecule has 0 bridgehead atoms. The van der Waals surface area contributed by atoms with Crippen molar-refractivity contribution >= 4 is 28.9 Å². The van der Waals surface area contributed by atoms with Crippen molar-refractivity contribution in [3.8, 4) is 0 Å². The van der Waals surface area contributed by atoms with E-state index in [-0.39, 0.29) is 0 Å². The molecule has 0 amide bonds. The van der Waals surface area contributed by atoms with Gasteiger partial charge in [0.2, 0.25) is 0 Å².